The van der Waals surface area contributed by atoms with Crippen molar-refractivity contribution < 1.29 is 14.3 Å². The molecule has 1 saturated heterocycles. The van der Waals surface area contributed by atoms with Crippen LogP contribution in [0.2, 0.25) is 0 Å². The van der Waals surface area contributed by atoms with Crippen molar-refractivity contribution in [3.8, 4) is 0 Å². The van der Waals surface area contributed by atoms with Crippen molar-refractivity contribution in [1.29, 1.82) is 0 Å². The predicted molar refractivity (Wildman–Crippen MR) is 77.8 cm³/mol. The summed E-state index contributed by atoms with van der Waals surface area (Å²) in [7, 11) is 1.57. The summed E-state index contributed by atoms with van der Waals surface area (Å²) in [6.07, 6.45) is 0. The van der Waals surface area contributed by atoms with Gasteiger partial charge in [-0.05, 0) is 6.92 Å². The summed E-state index contributed by atoms with van der Waals surface area (Å²) >= 11 is 0. The molecule has 0 spiro atoms. The molecule has 8 heteroatoms. The van der Waals surface area contributed by atoms with Crippen LogP contribution in [0.4, 0.5) is 11.6 Å². The quantitative estimate of drug-likeness (QED) is 0.758. The molecule has 1 aliphatic heterocycles. The molecule has 1 unspecified atom stereocenters. The van der Waals surface area contributed by atoms with Crippen molar-refractivity contribution >= 4 is 17.5 Å². The monoisotopic (exact) mass is 295 g/mol. The second-order valence-corrected chi connectivity index (χ2v) is 4.68. The second-order valence-electron chi connectivity index (χ2n) is 4.68. The number of nitrogens with one attached hydrogen (secondary N) is 1. The third-order valence-electron chi connectivity index (χ3n) is 3.13. The number of carbonyl (C=O) groups excluding carboxylic acids is 1. The van der Waals surface area contributed by atoms with Gasteiger partial charge in [0.25, 0.3) is 0 Å². The van der Waals surface area contributed by atoms with E-state index >= 15 is 0 Å². The zero-order valence-corrected chi connectivity index (χ0v) is 12.3. The van der Waals surface area contributed by atoms with E-state index in [1.165, 1.54) is 0 Å². The van der Waals surface area contributed by atoms with Gasteiger partial charge in [-0.2, -0.15) is 0 Å². The van der Waals surface area contributed by atoms with E-state index in [2.05, 4.69) is 15.3 Å². The number of nitrogens with zero attached hydrogens (tertiary/aromatic N) is 3. The van der Waals surface area contributed by atoms with Crippen LogP contribution in [0.15, 0.2) is 6.07 Å². The Morgan fingerprint density at radius 3 is 3.14 bits per heavy atom. The number of methoxy groups -OCH3 is 1. The zero-order valence-electron chi connectivity index (χ0n) is 12.3. The summed E-state index contributed by atoms with van der Waals surface area (Å²) in [5.41, 5.74) is 5.81. The minimum atomic E-state index is -0.414. The molecule has 8 nitrogen and oxygen atoms in total. The summed E-state index contributed by atoms with van der Waals surface area (Å²) in [5, 5.41) is 2.81. The van der Waals surface area contributed by atoms with Gasteiger partial charge in [0.1, 0.15) is 24.3 Å². The Bertz CT molecular complexity index is 497. The fourth-order valence-corrected chi connectivity index (χ4v) is 2.23. The number of ether oxygens (including phenoxy) is 2. The van der Waals surface area contributed by atoms with Gasteiger partial charge in [-0.3, -0.25) is 4.79 Å². The molecule has 1 aliphatic rings. The predicted octanol–water partition coefficient (Wildman–Crippen LogP) is -0.453. The Hall–Kier alpha value is -1.93. The van der Waals surface area contributed by atoms with Gasteiger partial charge >= 0.3 is 0 Å². The van der Waals surface area contributed by atoms with Gasteiger partial charge in [0.2, 0.25) is 5.91 Å². The van der Waals surface area contributed by atoms with E-state index in [1.54, 1.807) is 13.2 Å². The van der Waals surface area contributed by atoms with E-state index in [9.17, 15) is 4.79 Å². The first-order valence-corrected chi connectivity index (χ1v) is 6.90. The second kappa shape index (κ2) is 7.19. The van der Waals surface area contributed by atoms with Gasteiger partial charge in [0.05, 0.1) is 13.2 Å². The number of nitrogen functional groups attached to an aromatic ring is 1. The van der Waals surface area contributed by atoms with E-state index in [-0.39, 0.29) is 12.5 Å². The molecule has 0 bridgehead atoms. The molecular weight excluding hydrogens is 274 g/mol. The average molecular weight is 295 g/mol. The maximum atomic E-state index is 12.1. The Labute approximate surface area is 123 Å². The Morgan fingerprint density at radius 2 is 2.43 bits per heavy atom. The van der Waals surface area contributed by atoms with E-state index in [1.807, 2.05) is 11.8 Å². The molecule has 0 radical (unpaired) electrons. The fourth-order valence-electron chi connectivity index (χ4n) is 2.23. The van der Waals surface area contributed by atoms with Crippen LogP contribution in [0, 0.1) is 0 Å². The number of likely N-dealkylation sites (N-methyl/N-ethyl adjacent to an activating group) is 1. The molecule has 0 aromatic carbocycles. The first-order valence-electron chi connectivity index (χ1n) is 6.90. The molecule has 21 heavy (non-hydrogen) atoms. The SMILES string of the molecule is CCNC(=O)C1COCCN1c1cc(N)nc(COC)n1. The van der Waals surface area contributed by atoms with Crippen LogP contribution in [0.25, 0.3) is 0 Å². The third-order valence-corrected chi connectivity index (χ3v) is 3.13. The molecule has 3 N–H and O–H groups in total. The van der Waals surface area contributed by atoms with Crippen LogP contribution < -0.4 is 16.0 Å². The van der Waals surface area contributed by atoms with Crippen LogP contribution in [-0.2, 0) is 20.9 Å². The highest BCUT2D eigenvalue weighted by molar-refractivity contribution is 5.85. The van der Waals surface area contributed by atoms with Gasteiger partial charge in [-0.15, -0.1) is 0 Å². The molecule has 1 aromatic rings. The molecule has 0 saturated carbocycles. The molecular formula is C13H21N5O3. The molecule has 1 fully saturated rings. The summed E-state index contributed by atoms with van der Waals surface area (Å²) in [6, 6.07) is 1.25. The summed E-state index contributed by atoms with van der Waals surface area (Å²) in [4.78, 5) is 22.6. The van der Waals surface area contributed by atoms with Gasteiger partial charge in [-0.25, -0.2) is 9.97 Å². The summed E-state index contributed by atoms with van der Waals surface area (Å²) < 4.78 is 10.4. The van der Waals surface area contributed by atoms with Crippen LogP contribution in [-0.4, -0.2) is 55.3 Å². The number of amides is 1. The normalized spacial score (nSPS) is 18.6. The average Bonchev–Trinajstić information content (AvgIpc) is 2.47. The van der Waals surface area contributed by atoms with Crippen molar-refractivity contribution in [2.75, 3.05) is 44.0 Å². The highest BCUT2D eigenvalue weighted by Crippen LogP contribution is 2.20. The molecule has 1 aromatic heterocycles. The lowest BCUT2D eigenvalue weighted by Gasteiger charge is -2.35. The maximum absolute atomic E-state index is 12.1. The molecule has 1 atom stereocenters. The van der Waals surface area contributed by atoms with Crippen molar-refractivity contribution in [2.24, 2.45) is 0 Å². The van der Waals surface area contributed by atoms with Crippen molar-refractivity contribution in [3.05, 3.63) is 11.9 Å². The lowest BCUT2D eigenvalue weighted by molar-refractivity contribution is -0.124. The Balaban J connectivity index is 2.26. The number of anilines is 2. The molecule has 2 heterocycles. The largest absolute Gasteiger partial charge is 0.384 e. The highest BCUT2D eigenvalue weighted by Gasteiger charge is 2.30. The molecule has 0 aliphatic carbocycles. The number of hydrogen-bond acceptors (Lipinski definition) is 7. The van der Waals surface area contributed by atoms with Crippen molar-refractivity contribution in [1.82, 2.24) is 15.3 Å². The van der Waals surface area contributed by atoms with E-state index in [0.717, 1.165) is 0 Å². The van der Waals surface area contributed by atoms with E-state index in [0.29, 0.717) is 43.8 Å². The van der Waals surface area contributed by atoms with Crippen molar-refractivity contribution in [2.45, 2.75) is 19.6 Å². The van der Waals surface area contributed by atoms with Crippen LogP contribution in [0.5, 0.6) is 0 Å². The standard InChI is InChI=1S/C13H21N5O3/c1-3-15-13(19)9-7-21-5-4-18(9)12-6-10(14)16-11(17-12)8-20-2/h6,9H,3-5,7-8H2,1-2H3,(H,15,19)(H2,14,16,17). The number of rotatable bonds is 5. The van der Waals surface area contributed by atoms with Gasteiger partial charge in [0, 0.05) is 26.3 Å². The molecule has 1 amide bonds. The summed E-state index contributed by atoms with van der Waals surface area (Å²) in [6.45, 7) is 4.17. The van der Waals surface area contributed by atoms with Crippen LogP contribution in [0.3, 0.4) is 0 Å². The van der Waals surface area contributed by atoms with Crippen LogP contribution in [0.1, 0.15) is 12.7 Å². The lowest BCUT2D eigenvalue weighted by atomic mass is 10.2. The zero-order chi connectivity index (χ0) is 15.2. The lowest BCUT2D eigenvalue weighted by Crippen LogP contribution is -2.54. The number of morpholine rings is 1. The van der Waals surface area contributed by atoms with Crippen LogP contribution >= 0.6 is 0 Å². The first kappa shape index (κ1) is 15.5. The first-order chi connectivity index (χ1) is 10.2. The fraction of sp³-hybridized carbons (Fsp3) is 0.615. The Kier molecular flexibility index (Phi) is 5.29. The van der Waals surface area contributed by atoms with Gasteiger partial charge in [-0.1, -0.05) is 0 Å². The minimum absolute atomic E-state index is 0.0809. The Morgan fingerprint density at radius 1 is 1.62 bits per heavy atom. The highest BCUT2D eigenvalue weighted by atomic mass is 16.5. The van der Waals surface area contributed by atoms with Gasteiger partial charge in [0.15, 0.2) is 5.82 Å². The number of aromatic nitrogens is 2. The third kappa shape index (κ3) is 3.79. The van der Waals surface area contributed by atoms with E-state index < -0.39 is 6.04 Å². The topological polar surface area (TPSA) is 103 Å². The smallest absolute Gasteiger partial charge is 0.245 e. The molecule has 116 valence electrons. The minimum Gasteiger partial charge on any atom is -0.384 e. The summed E-state index contributed by atoms with van der Waals surface area (Å²) in [5.74, 6) is 1.39. The van der Waals surface area contributed by atoms with Gasteiger partial charge < -0.3 is 25.4 Å². The van der Waals surface area contributed by atoms with Crippen molar-refractivity contribution in [3.63, 3.8) is 0 Å². The maximum Gasteiger partial charge on any atom is 0.245 e. The number of carbonyl (C=O) groups is 1. The number of nitrogens with two attached hydrogens (primary N) is 1. The number of hydrogen-bond donors (Lipinski definition) is 2. The molecule has 2 rings (SSSR count). The van der Waals surface area contributed by atoms with E-state index in [4.69, 9.17) is 15.2 Å².